The third-order valence-electron chi connectivity index (χ3n) is 4.04. The van der Waals surface area contributed by atoms with Crippen molar-refractivity contribution in [1.82, 2.24) is 15.1 Å². The predicted molar refractivity (Wildman–Crippen MR) is 77.1 cm³/mol. The van der Waals surface area contributed by atoms with Gasteiger partial charge in [0.25, 0.3) is 0 Å². The van der Waals surface area contributed by atoms with Crippen LogP contribution in [-0.2, 0) is 4.74 Å². The van der Waals surface area contributed by atoms with Crippen LogP contribution in [0.25, 0.3) is 0 Å². The van der Waals surface area contributed by atoms with Crippen LogP contribution in [0.2, 0.25) is 0 Å². The first kappa shape index (κ1) is 15.9. The van der Waals surface area contributed by atoms with Gasteiger partial charge in [-0.15, -0.1) is 0 Å². The fourth-order valence-electron chi connectivity index (χ4n) is 2.03. The minimum absolute atomic E-state index is 0.187. The highest BCUT2D eigenvalue weighted by atomic mass is 16.5. The predicted octanol–water partition coefficient (Wildman–Crippen LogP) is 1.03. The lowest BCUT2D eigenvalue weighted by atomic mass is 10.0. The number of nitrogens with zero attached hydrogens (tertiary/aromatic N) is 2. The zero-order valence-electron chi connectivity index (χ0n) is 13.0. The summed E-state index contributed by atoms with van der Waals surface area (Å²) < 4.78 is 5.82. The van der Waals surface area contributed by atoms with Crippen molar-refractivity contribution in [1.29, 1.82) is 0 Å². The van der Waals surface area contributed by atoms with E-state index in [-0.39, 0.29) is 5.54 Å². The van der Waals surface area contributed by atoms with Crippen molar-refractivity contribution >= 4 is 0 Å². The van der Waals surface area contributed by atoms with Gasteiger partial charge in [0, 0.05) is 37.8 Å². The van der Waals surface area contributed by atoms with Gasteiger partial charge in [0.05, 0.1) is 12.7 Å². The van der Waals surface area contributed by atoms with Gasteiger partial charge in [0.15, 0.2) is 0 Å². The molecule has 4 nitrogen and oxygen atoms in total. The molecular weight excluding hydrogens is 226 g/mol. The normalized spacial score (nSPS) is 23.0. The molecule has 0 aliphatic carbocycles. The summed E-state index contributed by atoms with van der Waals surface area (Å²) >= 11 is 0. The van der Waals surface area contributed by atoms with Crippen molar-refractivity contribution < 1.29 is 4.74 Å². The molecule has 108 valence electrons. The molecule has 18 heavy (non-hydrogen) atoms. The van der Waals surface area contributed by atoms with E-state index in [1.807, 2.05) is 0 Å². The fourth-order valence-corrected chi connectivity index (χ4v) is 2.03. The minimum atomic E-state index is 0.187. The summed E-state index contributed by atoms with van der Waals surface area (Å²) in [5.74, 6) is 0. The summed E-state index contributed by atoms with van der Waals surface area (Å²) in [4.78, 5) is 4.75. The van der Waals surface area contributed by atoms with Gasteiger partial charge < -0.3 is 15.0 Å². The van der Waals surface area contributed by atoms with Gasteiger partial charge in [-0.1, -0.05) is 0 Å². The Morgan fingerprint density at radius 1 is 1.39 bits per heavy atom. The maximum atomic E-state index is 5.82. The molecule has 1 aliphatic rings. The first-order chi connectivity index (χ1) is 8.33. The lowest BCUT2D eigenvalue weighted by Crippen LogP contribution is -2.52. The molecular formula is C14H31N3O. The maximum absolute atomic E-state index is 5.82. The number of likely N-dealkylation sites (N-methyl/N-ethyl adjacent to an activating group) is 1. The van der Waals surface area contributed by atoms with Crippen molar-refractivity contribution in [2.24, 2.45) is 0 Å². The molecule has 1 aliphatic heterocycles. The topological polar surface area (TPSA) is 27.7 Å². The second-order valence-electron chi connectivity index (χ2n) is 6.42. The van der Waals surface area contributed by atoms with Crippen LogP contribution in [0.5, 0.6) is 0 Å². The Labute approximate surface area is 113 Å². The van der Waals surface area contributed by atoms with Crippen LogP contribution in [0.15, 0.2) is 0 Å². The largest absolute Gasteiger partial charge is 0.374 e. The molecule has 1 N–H and O–H groups in total. The Balaban J connectivity index is 2.27. The summed E-state index contributed by atoms with van der Waals surface area (Å²) in [5, 5.41) is 3.54. The second-order valence-corrected chi connectivity index (χ2v) is 6.42. The first-order valence-electron chi connectivity index (χ1n) is 7.06. The van der Waals surface area contributed by atoms with E-state index in [0.29, 0.717) is 12.1 Å². The van der Waals surface area contributed by atoms with Gasteiger partial charge in [-0.3, -0.25) is 4.90 Å². The quantitative estimate of drug-likeness (QED) is 0.769. The average Bonchev–Trinajstić information content (AvgIpc) is 2.29. The van der Waals surface area contributed by atoms with Crippen molar-refractivity contribution in [3.63, 3.8) is 0 Å². The fraction of sp³-hybridized carbons (Fsp3) is 1.00. The highest BCUT2D eigenvalue weighted by Crippen LogP contribution is 2.10. The van der Waals surface area contributed by atoms with Gasteiger partial charge in [0.1, 0.15) is 0 Å². The lowest BCUT2D eigenvalue weighted by molar-refractivity contribution is -0.0379. The van der Waals surface area contributed by atoms with E-state index in [9.17, 15) is 0 Å². The zero-order chi connectivity index (χ0) is 13.8. The zero-order valence-corrected chi connectivity index (χ0v) is 13.0. The van der Waals surface area contributed by atoms with E-state index in [0.717, 1.165) is 32.8 Å². The molecule has 1 fully saturated rings. The Kier molecular flexibility index (Phi) is 6.05. The van der Waals surface area contributed by atoms with Gasteiger partial charge in [-0.05, 0) is 41.8 Å². The second kappa shape index (κ2) is 6.85. The first-order valence-corrected chi connectivity index (χ1v) is 7.06. The molecule has 1 heterocycles. The number of nitrogens with one attached hydrogen (secondary N) is 1. The molecule has 1 saturated heterocycles. The molecule has 1 rings (SSSR count). The van der Waals surface area contributed by atoms with Crippen LogP contribution >= 0.6 is 0 Å². The number of hydrogen-bond donors (Lipinski definition) is 1. The molecule has 0 radical (unpaired) electrons. The molecule has 0 saturated carbocycles. The van der Waals surface area contributed by atoms with E-state index in [1.165, 1.54) is 0 Å². The third kappa shape index (κ3) is 4.84. The van der Waals surface area contributed by atoms with Crippen molar-refractivity contribution in [3.8, 4) is 0 Å². The van der Waals surface area contributed by atoms with Crippen LogP contribution in [-0.4, -0.2) is 74.4 Å². The van der Waals surface area contributed by atoms with Crippen LogP contribution in [0.3, 0.4) is 0 Å². The average molecular weight is 257 g/mol. The van der Waals surface area contributed by atoms with Crippen LogP contribution in [0.4, 0.5) is 0 Å². The van der Waals surface area contributed by atoms with Crippen molar-refractivity contribution in [3.05, 3.63) is 0 Å². The van der Waals surface area contributed by atoms with Gasteiger partial charge in [-0.2, -0.15) is 0 Å². The summed E-state index contributed by atoms with van der Waals surface area (Å²) in [6, 6.07) is 0.620. The van der Waals surface area contributed by atoms with Crippen molar-refractivity contribution in [2.75, 3.05) is 46.9 Å². The molecule has 0 aromatic heterocycles. The molecule has 0 aromatic rings. The Hall–Kier alpha value is -0.160. The van der Waals surface area contributed by atoms with Crippen molar-refractivity contribution in [2.45, 2.75) is 45.4 Å². The SMILES string of the molecule is CC(C)N1CCOC(CNCC(C)(C)N(C)C)C1. The summed E-state index contributed by atoms with van der Waals surface area (Å²) in [6.07, 6.45) is 0.333. The van der Waals surface area contributed by atoms with Gasteiger partial charge in [0.2, 0.25) is 0 Å². The highest BCUT2D eigenvalue weighted by Gasteiger charge is 2.24. The van der Waals surface area contributed by atoms with E-state index < -0.39 is 0 Å². The molecule has 0 bridgehead atoms. The number of morpholine rings is 1. The lowest BCUT2D eigenvalue weighted by Gasteiger charge is -2.37. The number of rotatable bonds is 6. The number of hydrogen-bond acceptors (Lipinski definition) is 4. The monoisotopic (exact) mass is 257 g/mol. The van der Waals surface area contributed by atoms with Crippen LogP contribution in [0, 0.1) is 0 Å². The standard InChI is InChI=1S/C14H31N3O/c1-12(2)17-7-8-18-13(10-17)9-15-11-14(3,4)16(5)6/h12-13,15H,7-11H2,1-6H3. The van der Waals surface area contributed by atoms with E-state index in [4.69, 9.17) is 4.74 Å². The molecule has 0 aromatic carbocycles. The minimum Gasteiger partial charge on any atom is -0.374 e. The van der Waals surface area contributed by atoms with Gasteiger partial charge >= 0.3 is 0 Å². The van der Waals surface area contributed by atoms with E-state index in [1.54, 1.807) is 0 Å². The molecule has 1 atom stereocenters. The maximum Gasteiger partial charge on any atom is 0.0826 e. The molecule has 0 amide bonds. The van der Waals surface area contributed by atoms with Gasteiger partial charge in [-0.25, -0.2) is 0 Å². The Morgan fingerprint density at radius 2 is 2.06 bits per heavy atom. The Bertz CT molecular complexity index is 241. The summed E-state index contributed by atoms with van der Waals surface area (Å²) in [7, 11) is 4.25. The molecule has 4 heteroatoms. The molecule has 1 unspecified atom stereocenters. The van der Waals surface area contributed by atoms with E-state index >= 15 is 0 Å². The van der Waals surface area contributed by atoms with Crippen LogP contribution in [0.1, 0.15) is 27.7 Å². The highest BCUT2D eigenvalue weighted by molar-refractivity contribution is 4.82. The summed E-state index contributed by atoms with van der Waals surface area (Å²) in [5.41, 5.74) is 0.187. The third-order valence-corrected chi connectivity index (χ3v) is 4.04. The van der Waals surface area contributed by atoms with E-state index in [2.05, 4.69) is 56.9 Å². The Morgan fingerprint density at radius 3 is 2.61 bits per heavy atom. The van der Waals surface area contributed by atoms with Crippen LogP contribution < -0.4 is 5.32 Å². The number of ether oxygens (including phenoxy) is 1. The summed E-state index contributed by atoms with van der Waals surface area (Å²) in [6.45, 7) is 13.9. The smallest absolute Gasteiger partial charge is 0.0826 e. The molecule has 0 spiro atoms.